The Bertz CT molecular complexity index is 870. The predicted molar refractivity (Wildman–Crippen MR) is 118 cm³/mol. The topological polar surface area (TPSA) is 28.0 Å². The Morgan fingerprint density at radius 1 is 1.22 bits per heavy atom. The Labute approximate surface area is 173 Å². The fraction of sp³-hybridized carbons (Fsp3) is 0.300. The van der Waals surface area contributed by atoms with Crippen LogP contribution in [0.5, 0.6) is 0 Å². The van der Waals surface area contributed by atoms with Gasteiger partial charge in [-0.2, -0.15) is 0 Å². The number of thiophene rings is 1. The summed E-state index contributed by atoms with van der Waals surface area (Å²) >= 11 is 8.53. The minimum absolute atomic E-state index is 0.0482. The number of nitrogens with one attached hydrogen (secondary N) is 1. The molecule has 140 valence electrons. The molecule has 0 radical (unpaired) electrons. The Balaban J connectivity index is 1.36. The van der Waals surface area contributed by atoms with Crippen molar-refractivity contribution in [2.24, 2.45) is 0 Å². The highest BCUT2D eigenvalue weighted by molar-refractivity contribution is 8.26. The molecule has 27 heavy (non-hydrogen) atoms. The maximum absolute atomic E-state index is 12.8. The molecule has 2 aliphatic rings. The van der Waals surface area contributed by atoms with Gasteiger partial charge in [-0.25, -0.2) is 4.90 Å². The third-order valence-corrected chi connectivity index (χ3v) is 7.11. The van der Waals surface area contributed by atoms with Crippen molar-refractivity contribution in [3.63, 3.8) is 0 Å². The summed E-state index contributed by atoms with van der Waals surface area (Å²) in [4.78, 5) is 20.2. The zero-order valence-electron chi connectivity index (χ0n) is 15.2. The molecule has 0 aliphatic carbocycles. The lowest BCUT2D eigenvalue weighted by atomic mass is 10.2. The summed E-state index contributed by atoms with van der Waals surface area (Å²) in [6, 6.07) is 12.7. The summed E-state index contributed by atoms with van der Waals surface area (Å²) in [5.74, 6) is 0.0482. The number of amides is 1. The van der Waals surface area contributed by atoms with Gasteiger partial charge in [0.05, 0.1) is 31.1 Å². The molecule has 1 aromatic heterocycles. The molecule has 4 rings (SSSR count). The SMILES string of the molecule is Cc1cccc(N2CC[NH+](CN3C(=O)/C(=C/c4cccs4)SC3=S)CC2)c1. The molecule has 2 fully saturated rings. The molecule has 2 saturated heterocycles. The van der Waals surface area contributed by atoms with Crippen LogP contribution in [-0.2, 0) is 4.79 Å². The number of carbonyl (C=O) groups is 1. The Morgan fingerprint density at radius 3 is 2.74 bits per heavy atom. The second-order valence-electron chi connectivity index (χ2n) is 6.86. The van der Waals surface area contributed by atoms with Crippen LogP contribution < -0.4 is 9.80 Å². The molecule has 7 heteroatoms. The minimum atomic E-state index is 0.0482. The summed E-state index contributed by atoms with van der Waals surface area (Å²) < 4.78 is 0.677. The van der Waals surface area contributed by atoms with E-state index >= 15 is 0 Å². The van der Waals surface area contributed by atoms with Crippen molar-refractivity contribution >= 4 is 57.3 Å². The molecule has 3 heterocycles. The van der Waals surface area contributed by atoms with Gasteiger partial charge in [-0.1, -0.05) is 42.2 Å². The van der Waals surface area contributed by atoms with E-state index in [0.717, 1.165) is 36.0 Å². The highest BCUT2D eigenvalue weighted by Gasteiger charge is 2.35. The van der Waals surface area contributed by atoms with Crippen LogP contribution in [0, 0.1) is 6.92 Å². The lowest BCUT2D eigenvalue weighted by Gasteiger charge is -2.35. The monoisotopic (exact) mass is 416 g/mol. The number of carbonyl (C=O) groups excluding carboxylic acids is 1. The Kier molecular flexibility index (Phi) is 5.63. The second-order valence-corrected chi connectivity index (χ2v) is 9.51. The van der Waals surface area contributed by atoms with Gasteiger partial charge in [0.1, 0.15) is 0 Å². The van der Waals surface area contributed by atoms with Gasteiger partial charge in [0.2, 0.25) is 0 Å². The number of anilines is 1. The van der Waals surface area contributed by atoms with E-state index in [2.05, 4.69) is 36.1 Å². The lowest BCUT2D eigenvalue weighted by Crippen LogP contribution is -3.16. The smallest absolute Gasteiger partial charge is 0.270 e. The van der Waals surface area contributed by atoms with Crippen molar-refractivity contribution in [3.8, 4) is 0 Å². The third-order valence-electron chi connectivity index (χ3n) is 4.91. The van der Waals surface area contributed by atoms with E-state index in [-0.39, 0.29) is 5.91 Å². The van der Waals surface area contributed by atoms with Crippen molar-refractivity contribution in [2.75, 3.05) is 37.7 Å². The van der Waals surface area contributed by atoms with Gasteiger partial charge in [-0.15, -0.1) is 11.3 Å². The van der Waals surface area contributed by atoms with Crippen LogP contribution in [-0.4, -0.2) is 48.0 Å². The van der Waals surface area contributed by atoms with Crippen LogP contribution in [0.3, 0.4) is 0 Å². The number of rotatable bonds is 4. The van der Waals surface area contributed by atoms with E-state index in [1.165, 1.54) is 27.9 Å². The largest absolute Gasteiger partial charge is 0.360 e. The average Bonchev–Trinajstić information content (AvgIpc) is 3.27. The number of nitrogens with zero attached hydrogens (tertiary/aromatic N) is 2. The minimum Gasteiger partial charge on any atom is -0.360 e. The number of hydrogen-bond acceptors (Lipinski definition) is 5. The maximum atomic E-state index is 12.8. The number of hydrogen-bond donors (Lipinski definition) is 1. The summed E-state index contributed by atoms with van der Waals surface area (Å²) in [5.41, 5.74) is 2.58. The molecule has 2 aliphatic heterocycles. The van der Waals surface area contributed by atoms with Crippen molar-refractivity contribution in [2.45, 2.75) is 6.92 Å². The first kappa shape index (κ1) is 18.7. The Hall–Kier alpha value is -1.67. The van der Waals surface area contributed by atoms with Crippen LogP contribution >= 0.6 is 35.3 Å². The fourth-order valence-electron chi connectivity index (χ4n) is 3.43. The van der Waals surface area contributed by atoms with Crippen LogP contribution in [0.1, 0.15) is 10.4 Å². The van der Waals surface area contributed by atoms with E-state index < -0.39 is 0 Å². The van der Waals surface area contributed by atoms with E-state index in [1.807, 2.05) is 23.6 Å². The zero-order chi connectivity index (χ0) is 18.8. The summed E-state index contributed by atoms with van der Waals surface area (Å²) in [6.45, 7) is 6.80. The number of piperazine rings is 1. The van der Waals surface area contributed by atoms with Gasteiger partial charge in [0, 0.05) is 10.6 Å². The van der Waals surface area contributed by atoms with E-state index in [0.29, 0.717) is 11.0 Å². The predicted octanol–water partition coefficient (Wildman–Crippen LogP) is 2.62. The molecule has 0 unspecified atom stereocenters. The number of aryl methyl sites for hydroxylation is 1. The maximum Gasteiger partial charge on any atom is 0.270 e. The van der Waals surface area contributed by atoms with Gasteiger partial charge in [0.15, 0.2) is 11.0 Å². The highest BCUT2D eigenvalue weighted by Crippen LogP contribution is 2.32. The van der Waals surface area contributed by atoms with E-state index in [9.17, 15) is 4.79 Å². The number of thiocarbonyl (C=S) groups is 1. The number of thioether (sulfide) groups is 1. The van der Waals surface area contributed by atoms with Gasteiger partial charge >= 0.3 is 0 Å². The van der Waals surface area contributed by atoms with Gasteiger partial charge in [-0.05, 0) is 42.1 Å². The summed E-state index contributed by atoms with van der Waals surface area (Å²) in [5, 5.41) is 2.02. The van der Waals surface area contributed by atoms with Crippen LogP contribution in [0.15, 0.2) is 46.7 Å². The van der Waals surface area contributed by atoms with E-state index in [4.69, 9.17) is 12.2 Å². The summed E-state index contributed by atoms with van der Waals surface area (Å²) in [7, 11) is 0. The van der Waals surface area contributed by atoms with Crippen molar-refractivity contribution < 1.29 is 9.69 Å². The van der Waals surface area contributed by atoms with Crippen LogP contribution in [0.25, 0.3) is 6.08 Å². The standard InChI is InChI=1S/C20H21N3OS3/c1-15-4-2-5-16(12-15)22-9-7-21(8-10-22)14-23-19(24)18(27-20(23)25)13-17-6-3-11-26-17/h2-6,11-13H,7-10,14H2,1H3/p+1/b18-13-. The molecule has 1 amide bonds. The quantitative estimate of drug-likeness (QED) is 0.613. The first-order chi connectivity index (χ1) is 13.1. The van der Waals surface area contributed by atoms with Crippen LogP contribution in [0.2, 0.25) is 0 Å². The zero-order valence-corrected chi connectivity index (χ0v) is 17.6. The van der Waals surface area contributed by atoms with E-state index in [1.54, 1.807) is 16.2 Å². The molecule has 2 aromatic rings. The van der Waals surface area contributed by atoms with Crippen LogP contribution in [0.4, 0.5) is 5.69 Å². The summed E-state index contributed by atoms with van der Waals surface area (Å²) in [6.07, 6.45) is 1.95. The normalized spacial score (nSPS) is 20.1. The fourth-order valence-corrected chi connectivity index (χ4v) is 5.40. The molecule has 0 spiro atoms. The Morgan fingerprint density at radius 2 is 2.04 bits per heavy atom. The van der Waals surface area contributed by atoms with Crippen molar-refractivity contribution in [1.82, 2.24) is 4.90 Å². The molecule has 0 saturated carbocycles. The number of benzene rings is 1. The van der Waals surface area contributed by atoms with Gasteiger partial charge in [-0.3, -0.25) is 4.79 Å². The van der Waals surface area contributed by atoms with Gasteiger partial charge in [0.25, 0.3) is 5.91 Å². The molecule has 1 N–H and O–H groups in total. The molecule has 0 atom stereocenters. The second kappa shape index (κ2) is 8.14. The molecular formula is C20H22N3OS3+. The van der Waals surface area contributed by atoms with Crippen molar-refractivity contribution in [1.29, 1.82) is 0 Å². The molecule has 4 nitrogen and oxygen atoms in total. The number of quaternary nitrogens is 1. The third kappa shape index (κ3) is 4.27. The highest BCUT2D eigenvalue weighted by atomic mass is 32.2. The molecular weight excluding hydrogens is 394 g/mol. The van der Waals surface area contributed by atoms with Crippen molar-refractivity contribution in [3.05, 3.63) is 57.1 Å². The van der Waals surface area contributed by atoms with Gasteiger partial charge < -0.3 is 9.80 Å². The average molecular weight is 417 g/mol. The first-order valence-corrected chi connectivity index (χ1v) is 11.1. The first-order valence-electron chi connectivity index (χ1n) is 9.04. The molecule has 1 aromatic carbocycles. The molecule has 0 bridgehead atoms. The lowest BCUT2D eigenvalue weighted by molar-refractivity contribution is -0.907.